The van der Waals surface area contributed by atoms with Crippen LogP contribution in [0.3, 0.4) is 0 Å². The fourth-order valence-corrected chi connectivity index (χ4v) is 0.891. The van der Waals surface area contributed by atoms with Crippen molar-refractivity contribution in [3.8, 4) is 0 Å². The normalized spacial score (nSPS) is 10.6. The maximum Gasteiger partial charge on any atom is 0.0781 e. The van der Waals surface area contributed by atoms with E-state index in [1.54, 1.807) is 13.0 Å². The van der Waals surface area contributed by atoms with Gasteiger partial charge in [0.05, 0.1) is 6.10 Å². The Balaban J connectivity index is 0. The number of rotatable bonds is 1. The van der Waals surface area contributed by atoms with Crippen molar-refractivity contribution in [2.24, 2.45) is 0 Å². The van der Waals surface area contributed by atoms with Gasteiger partial charge in [-0.05, 0) is 13.0 Å². The zero-order valence-electron chi connectivity index (χ0n) is 8.70. The molecule has 14 heavy (non-hydrogen) atoms. The molecule has 0 amide bonds. The van der Waals surface area contributed by atoms with Gasteiger partial charge in [-0.3, -0.25) is 0 Å². The third kappa shape index (κ3) is 6.36. The van der Waals surface area contributed by atoms with Crippen LogP contribution in [0.15, 0.2) is 24.3 Å². The van der Waals surface area contributed by atoms with Gasteiger partial charge in [0.1, 0.15) is 0 Å². The van der Waals surface area contributed by atoms with Gasteiger partial charge in [-0.1, -0.05) is 25.1 Å². The summed E-state index contributed by atoms with van der Waals surface area (Å²) in [4.78, 5) is 0. The minimum atomic E-state index is -0.471. The summed E-state index contributed by atoms with van der Waals surface area (Å²) in [5.74, 6) is 0.722. The number of para-hydroxylation sites is 1. The number of benzene rings is 1. The van der Waals surface area contributed by atoms with Crippen molar-refractivity contribution in [3.63, 3.8) is 0 Å². The van der Waals surface area contributed by atoms with Crippen molar-refractivity contribution >= 4 is 17.3 Å². The molecule has 2 nitrogen and oxygen atoms in total. The molecule has 1 aromatic rings. The summed E-state index contributed by atoms with van der Waals surface area (Å²) in [6.45, 7) is 3.59. The Morgan fingerprint density at radius 1 is 1.43 bits per heavy atom. The zero-order chi connectivity index (χ0) is 10.3. The van der Waals surface area contributed by atoms with Crippen LogP contribution < -0.4 is 5.73 Å². The summed E-state index contributed by atoms with van der Waals surface area (Å²) >= 11 is 5.00. The Kier molecular flexibility index (Phi) is 11.0. The Morgan fingerprint density at radius 2 is 1.86 bits per heavy atom. The molecule has 0 spiro atoms. The standard InChI is InChI=1S/C8H11NO.C2H5Cl.Zn/c1-6(10)7-4-2-3-5-8(7)9;1-2-3;/h2-6,10H,9H2,1H3;2H2,1H3;. The Morgan fingerprint density at radius 3 is 2.14 bits per heavy atom. The van der Waals surface area contributed by atoms with Crippen molar-refractivity contribution in [2.45, 2.75) is 20.0 Å². The molecule has 0 saturated carbocycles. The summed E-state index contributed by atoms with van der Waals surface area (Å²) in [7, 11) is 0. The van der Waals surface area contributed by atoms with Gasteiger partial charge in [0, 0.05) is 36.6 Å². The van der Waals surface area contributed by atoms with Crippen LogP contribution in [0, 0.1) is 0 Å². The molecule has 3 N–H and O–H groups in total. The van der Waals surface area contributed by atoms with Gasteiger partial charge in [-0.2, -0.15) is 0 Å². The van der Waals surface area contributed by atoms with E-state index in [1.165, 1.54) is 0 Å². The van der Waals surface area contributed by atoms with Crippen LogP contribution in [0.25, 0.3) is 0 Å². The molecule has 0 fully saturated rings. The van der Waals surface area contributed by atoms with Crippen LogP contribution in [0.5, 0.6) is 0 Å². The van der Waals surface area contributed by atoms with E-state index in [1.807, 2.05) is 25.1 Å². The van der Waals surface area contributed by atoms with Gasteiger partial charge < -0.3 is 10.8 Å². The first kappa shape index (κ1) is 16.3. The molecule has 0 radical (unpaired) electrons. The van der Waals surface area contributed by atoms with E-state index in [9.17, 15) is 0 Å². The predicted octanol–water partition coefficient (Wildman–Crippen LogP) is 2.56. The zero-order valence-corrected chi connectivity index (χ0v) is 12.4. The number of hydrogen-bond donors (Lipinski definition) is 2. The van der Waals surface area contributed by atoms with Gasteiger partial charge in [0.15, 0.2) is 0 Å². The van der Waals surface area contributed by atoms with Crippen LogP contribution in [0.4, 0.5) is 5.69 Å². The first-order chi connectivity index (χ1) is 6.13. The van der Waals surface area contributed by atoms with Crippen molar-refractivity contribution < 1.29 is 24.6 Å². The molecule has 1 atom stereocenters. The van der Waals surface area contributed by atoms with E-state index in [0.717, 1.165) is 11.4 Å². The number of aliphatic hydroxyl groups excluding tert-OH is 1. The molecule has 0 heterocycles. The average Bonchev–Trinajstić information content (AvgIpc) is 2.06. The third-order valence-electron chi connectivity index (χ3n) is 1.45. The quantitative estimate of drug-likeness (QED) is 0.466. The second kappa shape index (κ2) is 9.45. The molecule has 0 aromatic heterocycles. The van der Waals surface area contributed by atoms with E-state index >= 15 is 0 Å². The average molecular weight is 267 g/mol. The summed E-state index contributed by atoms with van der Waals surface area (Å²) < 4.78 is 0. The van der Waals surface area contributed by atoms with E-state index in [2.05, 4.69) is 0 Å². The SMILES string of the molecule is CC(O)c1ccccc1N.CCCl.[Zn]. The van der Waals surface area contributed by atoms with E-state index in [4.69, 9.17) is 22.4 Å². The van der Waals surface area contributed by atoms with Crippen LogP contribution in [-0.4, -0.2) is 11.0 Å². The van der Waals surface area contributed by atoms with E-state index < -0.39 is 6.10 Å². The minimum absolute atomic E-state index is 0. The Hall–Kier alpha value is -0.107. The van der Waals surface area contributed by atoms with Gasteiger partial charge in [0.2, 0.25) is 0 Å². The number of anilines is 1. The predicted molar refractivity (Wildman–Crippen MR) is 57.9 cm³/mol. The maximum absolute atomic E-state index is 9.12. The first-order valence-corrected chi connectivity index (χ1v) is 4.75. The second-order valence-electron chi connectivity index (χ2n) is 2.57. The Labute approximate surface area is 103 Å². The molecule has 4 heteroatoms. The number of nitrogen functional groups attached to an aromatic ring is 1. The van der Waals surface area contributed by atoms with Crippen LogP contribution in [0.2, 0.25) is 0 Å². The van der Waals surface area contributed by atoms with Crippen molar-refractivity contribution in [1.82, 2.24) is 0 Å². The van der Waals surface area contributed by atoms with Gasteiger partial charge >= 0.3 is 0 Å². The van der Waals surface area contributed by atoms with Crippen LogP contribution >= 0.6 is 11.6 Å². The smallest absolute Gasteiger partial charge is 0.0781 e. The van der Waals surface area contributed by atoms with E-state index in [0.29, 0.717) is 5.69 Å². The Bertz CT molecular complexity index is 243. The minimum Gasteiger partial charge on any atom is -0.398 e. The molecular formula is C10H16ClNOZn. The van der Waals surface area contributed by atoms with Crippen molar-refractivity contribution in [3.05, 3.63) is 29.8 Å². The maximum atomic E-state index is 9.12. The number of halogens is 1. The molecule has 0 bridgehead atoms. The third-order valence-corrected chi connectivity index (χ3v) is 1.45. The largest absolute Gasteiger partial charge is 0.398 e. The molecule has 0 aliphatic carbocycles. The molecule has 0 saturated heterocycles. The molecule has 1 rings (SSSR count). The topological polar surface area (TPSA) is 46.2 Å². The molecule has 1 unspecified atom stereocenters. The second-order valence-corrected chi connectivity index (χ2v) is 3.11. The van der Waals surface area contributed by atoms with E-state index in [-0.39, 0.29) is 19.5 Å². The van der Waals surface area contributed by atoms with Gasteiger partial charge in [0.25, 0.3) is 0 Å². The van der Waals surface area contributed by atoms with Crippen LogP contribution in [0.1, 0.15) is 25.5 Å². The molecule has 0 aliphatic rings. The van der Waals surface area contributed by atoms with Crippen LogP contribution in [-0.2, 0) is 19.5 Å². The fourth-order valence-electron chi connectivity index (χ4n) is 0.891. The number of hydrogen-bond acceptors (Lipinski definition) is 2. The summed E-state index contributed by atoms with van der Waals surface area (Å²) in [6.07, 6.45) is -0.471. The monoisotopic (exact) mass is 265 g/mol. The number of alkyl halides is 1. The number of aliphatic hydroxyl groups is 1. The molecular weight excluding hydrogens is 251 g/mol. The molecule has 0 aliphatic heterocycles. The van der Waals surface area contributed by atoms with Gasteiger partial charge in [-0.25, -0.2) is 0 Å². The summed E-state index contributed by atoms with van der Waals surface area (Å²) in [5, 5.41) is 9.12. The fraction of sp³-hybridized carbons (Fsp3) is 0.400. The molecule has 1 aromatic carbocycles. The number of nitrogens with two attached hydrogens (primary N) is 1. The first-order valence-electron chi connectivity index (χ1n) is 4.21. The van der Waals surface area contributed by atoms with Crippen molar-refractivity contribution in [1.29, 1.82) is 0 Å². The van der Waals surface area contributed by atoms with Gasteiger partial charge in [-0.15, -0.1) is 11.6 Å². The molecule has 76 valence electrons. The summed E-state index contributed by atoms with van der Waals surface area (Å²) in [5.41, 5.74) is 7.01. The summed E-state index contributed by atoms with van der Waals surface area (Å²) in [6, 6.07) is 7.31. The van der Waals surface area contributed by atoms with Crippen molar-refractivity contribution in [2.75, 3.05) is 11.6 Å².